The summed E-state index contributed by atoms with van der Waals surface area (Å²) in [5.74, 6) is 0. The number of thiophene rings is 1. The number of nitrogens with zero attached hydrogens (tertiary/aromatic N) is 3. The number of aryl methyl sites for hydroxylation is 2. The molecule has 1 aliphatic carbocycles. The van der Waals surface area contributed by atoms with Crippen molar-refractivity contribution in [3.05, 3.63) is 58.2 Å². The summed E-state index contributed by atoms with van der Waals surface area (Å²) in [6.45, 7) is 0. The topological polar surface area (TPSA) is 54.0 Å². The van der Waals surface area contributed by atoms with Gasteiger partial charge in [0.15, 0.2) is 5.49 Å². The molecule has 0 unspecified atom stereocenters. The van der Waals surface area contributed by atoms with E-state index in [4.69, 9.17) is 5.41 Å². The summed E-state index contributed by atoms with van der Waals surface area (Å²) in [6, 6.07) is 9.90. The van der Waals surface area contributed by atoms with Crippen LogP contribution < -0.4 is 5.49 Å². The first-order valence-electron chi connectivity index (χ1n) is 6.99. The number of fused-ring (bicyclic) bond motifs is 3. The van der Waals surface area contributed by atoms with E-state index in [0.717, 1.165) is 28.6 Å². The van der Waals surface area contributed by atoms with Gasteiger partial charge in [0.1, 0.15) is 11.2 Å². The minimum atomic E-state index is 0.437. The van der Waals surface area contributed by atoms with Gasteiger partial charge in [-0.2, -0.15) is 5.10 Å². The number of nitrogens with one attached hydrogen (secondary N) is 1. The summed E-state index contributed by atoms with van der Waals surface area (Å²) in [5, 5.41) is 13.8. The molecule has 2 aromatic heterocycles. The Morgan fingerprint density at radius 3 is 2.95 bits per heavy atom. The lowest BCUT2D eigenvalue weighted by Gasteiger charge is -2.01. The van der Waals surface area contributed by atoms with Crippen LogP contribution in [-0.4, -0.2) is 15.9 Å². The molecule has 0 spiro atoms. The van der Waals surface area contributed by atoms with Crippen molar-refractivity contribution in [2.45, 2.75) is 19.3 Å². The van der Waals surface area contributed by atoms with Gasteiger partial charge < -0.3 is 0 Å². The molecular formula is C16H14N4S. The monoisotopic (exact) mass is 294 g/mol. The third-order valence-electron chi connectivity index (χ3n) is 3.78. The number of hydrogen-bond donors (Lipinski definition) is 1. The van der Waals surface area contributed by atoms with Crippen LogP contribution in [0.3, 0.4) is 0 Å². The summed E-state index contributed by atoms with van der Waals surface area (Å²) < 4.78 is 1.56. The van der Waals surface area contributed by atoms with Crippen molar-refractivity contribution >= 4 is 27.8 Å². The quantitative estimate of drug-likeness (QED) is 0.726. The van der Waals surface area contributed by atoms with Crippen molar-refractivity contribution in [2.24, 2.45) is 5.10 Å². The predicted octanol–water partition coefficient (Wildman–Crippen LogP) is 2.95. The van der Waals surface area contributed by atoms with Crippen LogP contribution in [0, 0.1) is 5.41 Å². The molecule has 2 heterocycles. The van der Waals surface area contributed by atoms with Crippen LogP contribution in [0.2, 0.25) is 0 Å². The van der Waals surface area contributed by atoms with E-state index in [-0.39, 0.29) is 0 Å². The van der Waals surface area contributed by atoms with E-state index in [9.17, 15) is 0 Å². The first-order valence-corrected chi connectivity index (χ1v) is 7.80. The molecule has 21 heavy (non-hydrogen) atoms. The predicted molar refractivity (Wildman–Crippen MR) is 84.9 cm³/mol. The average molecular weight is 294 g/mol. The second-order valence-corrected chi connectivity index (χ2v) is 6.21. The third-order valence-corrected chi connectivity index (χ3v) is 4.98. The molecule has 0 fully saturated rings. The standard InChI is InChI=1S/C16H14N4S/c17-15-14-12-7-4-8-13(12)21-16(14)18-10-20(15)19-9-11-5-2-1-3-6-11/h1-3,5-6,9-10,17H,4,7-8H2/b17-15?,19-9+. The minimum Gasteiger partial charge on any atom is -0.282 e. The highest BCUT2D eigenvalue weighted by molar-refractivity contribution is 7.18. The average Bonchev–Trinajstić information content (AvgIpc) is 3.08. The van der Waals surface area contributed by atoms with Gasteiger partial charge >= 0.3 is 0 Å². The minimum absolute atomic E-state index is 0.437. The van der Waals surface area contributed by atoms with Crippen LogP contribution in [0.1, 0.15) is 22.4 Å². The highest BCUT2D eigenvalue weighted by Gasteiger charge is 2.19. The number of aromatic nitrogens is 2. The molecular weight excluding hydrogens is 280 g/mol. The molecule has 1 aromatic carbocycles. The number of benzene rings is 1. The van der Waals surface area contributed by atoms with Crippen molar-refractivity contribution in [1.82, 2.24) is 9.66 Å². The molecule has 4 rings (SSSR count). The molecule has 5 heteroatoms. The lowest BCUT2D eigenvalue weighted by atomic mass is 10.2. The van der Waals surface area contributed by atoms with Gasteiger partial charge in [-0.1, -0.05) is 30.3 Å². The normalized spacial score (nSPS) is 14.1. The maximum absolute atomic E-state index is 8.41. The smallest absolute Gasteiger partial charge is 0.158 e. The lowest BCUT2D eigenvalue weighted by molar-refractivity contribution is 0.783. The van der Waals surface area contributed by atoms with Crippen LogP contribution in [0.5, 0.6) is 0 Å². The summed E-state index contributed by atoms with van der Waals surface area (Å²) in [6.07, 6.45) is 6.78. The first kappa shape index (κ1) is 12.5. The molecule has 4 nitrogen and oxygen atoms in total. The van der Waals surface area contributed by atoms with E-state index in [2.05, 4.69) is 10.1 Å². The van der Waals surface area contributed by atoms with Crippen LogP contribution in [0.25, 0.3) is 10.2 Å². The van der Waals surface area contributed by atoms with Crippen molar-refractivity contribution < 1.29 is 0 Å². The first-order chi connectivity index (χ1) is 10.3. The second kappa shape index (κ2) is 4.93. The zero-order chi connectivity index (χ0) is 14.2. The molecule has 0 saturated carbocycles. The highest BCUT2D eigenvalue weighted by Crippen LogP contribution is 2.34. The van der Waals surface area contributed by atoms with Crippen LogP contribution >= 0.6 is 11.3 Å². The van der Waals surface area contributed by atoms with Gasteiger partial charge in [-0.05, 0) is 30.4 Å². The maximum atomic E-state index is 8.41. The largest absolute Gasteiger partial charge is 0.282 e. The lowest BCUT2D eigenvalue weighted by Crippen LogP contribution is -2.17. The van der Waals surface area contributed by atoms with Crippen LogP contribution in [0.4, 0.5) is 0 Å². The van der Waals surface area contributed by atoms with Gasteiger partial charge in [-0.15, -0.1) is 11.3 Å². The zero-order valence-corrected chi connectivity index (χ0v) is 12.2. The molecule has 0 aliphatic heterocycles. The SMILES string of the molecule is N=c1c2c3c(sc2ncn1/N=C/c1ccccc1)CCC3. The van der Waals surface area contributed by atoms with Gasteiger partial charge in [0.2, 0.25) is 0 Å². The molecule has 0 bridgehead atoms. The maximum Gasteiger partial charge on any atom is 0.158 e. The Morgan fingerprint density at radius 2 is 2.10 bits per heavy atom. The molecule has 1 N–H and O–H groups in total. The van der Waals surface area contributed by atoms with E-state index in [1.54, 1.807) is 28.6 Å². The van der Waals surface area contributed by atoms with Gasteiger partial charge in [0.05, 0.1) is 11.6 Å². The fourth-order valence-electron chi connectivity index (χ4n) is 2.76. The molecule has 0 amide bonds. The van der Waals surface area contributed by atoms with Gasteiger partial charge in [-0.25, -0.2) is 9.66 Å². The molecule has 0 atom stereocenters. The van der Waals surface area contributed by atoms with Crippen LogP contribution in [0.15, 0.2) is 41.8 Å². The molecule has 1 aliphatic rings. The fraction of sp³-hybridized carbons (Fsp3) is 0.188. The van der Waals surface area contributed by atoms with Crippen LogP contribution in [-0.2, 0) is 12.8 Å². The van der Waals surface area contributed by atoms with Gasteiger partial charge in [0, 0.05) is 4.88 Å². The summed E-state index contributed by atoms with van der Waals surface area (Å²) in [4.78, 5) is 6.83. The third kappa shape index (κ3) is 2.10. The van der Waals surface area contributed by atoms with Gasteiger partial charge in [0.25, 0.3) is 0 Å². The second-order valence-electron chi connectivity index (χ2n) is 5.13. The fourth-order valence-corrected chi connectivity index (χ4v) is 3.99. The van der Waals surface area contributed by atoms with Crippen molar-refractivity contribution in [1.29, 1.82) is 5.41 Å². The molecule has 0 saturated heterocycles. The van der Waals surface area contributed by atoms with Gasteiger partial charge in [-0.3, -0.25) is 5.41 Å². The Balaban J connectivity index is 1.82. The van der Waals surface area contributed by atoms with E-state index < -0.39 is 0 Å². The molecule has 3 aromatic rings. The molecule has 104 valence electrons. The van der Waals surface area contributed by atoms with E-state index >= 15 is 0 Å². The summed E-state index contributed by atoms with van der Waals surface area (Å²) in [5.41, 5.74) is 2.77. The summed E-state index contributed by atoms with van der Waals surface area (Å²) >= 11 is 1.73. The van der Waals surface area contributed by atoms with Crippen molar-refractivity contribution in [3.8, 4) is 0 Å². The number of rotatable bonds is 2. The Morgan fingerprint density at radius 1 is 1.24 bits per heavy atom. The van der Waals surface area contributed by atoms with E-state index in [1.165, 1.54) is 16.9 Å². The highest BCUT2D eigenvalue weighted by atomic mass is 32.1. The Kier molecular flexibility index (Phi) is 2.93. The number of hydrogen-bond acceptors (Lipinski definition) is 4. The summed E-state index contributed by atoms with van der Waals surface area (Å²) in [7, 11) is 0. The van der Waals surface area contributed by atoms with Crippen molar-refractivity contribution in [3.63, 3.8) is 0 Å². The van der Waals surface area contributed by atoms with Crippen molar-refractivity contribution in [2.75, 3.05) is 0 Å². The zero-order valence-electron chi connectivity index (χ0n) is 11.4. The Labute approximate surface area is 125 Å². The van der Waals surface area contributed by atoms with E-state index in [1.807, 2.05) is 30.3 Å². The Hall–Kier alpha value is -2.27. The van der Waals surface area contributed by atoms with E-state index in [0.29, 0.717) is 5.49 Å². The Bertz CT molecular complexity index is 890. The molecule has 0 radical (unpaired) electrons.